The van der Waals surface area contributed by atoms with Gasteiger partial charge in [-0.05, 0) is 38.0 Å². The molecule has 0 aromatic carbocycles. The van der Waals surface area contributed by atoms with Crippen LogP contribution in [0.5, 0.6) is 0 Å². The van der Waals surface area contributed by atoms with E-state index in [1.807, 2.05) is 13.8 Å². The van der Waals surface area contributed by atoms with Crippen LogP contribution >= 0.6 is 12.2 Å². The molecule has 0 spiro atoms. The van der Waals surface area contributed by atoms with Gasteiger partial charge in [0.15, 0.2) is 0 Å². The van der Waals surface area contributed by atoms with Crippen LogP contribution in [0.3, 0.4) is 0 Å². The van der Waals surface area contributed by atoms with E-state index in [1.165, 1.54) is 10.2 Å². The Morgan fingerprint density at radius 2 is 2.12 bits per heavy atom. The van der Waals surface area contributed by atoms with Gasteiger partial charge in [0.05, 0.1) is 5.69 Å². The molecular weight excluding hydrogens is 236 g/mol. The number of nitrogens with zero attached hydrogens (tertiary/aromatic N) is 4. The zero-order valence-electron chi connectivity index (χ0n) is 10.2. The zero-order valence-corrected chi connectivity index (χ0v) is 11.0. The van der Waals surface area contributed by atoms with Crippen LogP contribution in [-0.2, 0) is 6.42 Å². The van der Waals surface area contributed by atoms with Gasteiger partial charge < -0.3 is 5.84 Å². The number of nitrogens with one attached hydrogen (secondary N) is 1. The van der Waals surface area contributed by atoms with E-state index in [4.69, 9.17) is 18.1 Å². The van der Waals surface area contributed by atoms with Gasteiger partial charge in [-0.3, -0.25) is 0 Å². The lowest BCUT2D eigenvalue weighted by atomic mass is 10.1. The van der Waals surface area contributed by atoms with E-state index in [0.717, 1.165) is 24.2 Å². The fraction of sp³-hybridized carbons (Fsp3) is 0.500. The molecule has 92 valence electrons. The Bertz CT molecular complexity index is 590. The minimum Gasteiger partial charge on any atom is -0.334 e. The molecular formula is C10H16N6S. The second kappa shape index (κ2) is 4.33. The van der Waals surface area contributed by atoms with Crippen LogP contribution in [0.15, 0.2) is 0 Å². The topological polar surface area (TPSA) is 77.5 Å². The van der Waals surface area contributed by atoms with Crippen molar-refractivity contribution in [2.75, 3.05) is 5.84 Å². The van der Waals surface area contributed by atoms with Crippen molar-refractivity contribution in [1.29, 1.82) is 0 Å². The van der Waals surface area contributed by atoms with Gasteiger partial charge >= 0.3 is 0 Å². The lowest BCUT2D eigenvalue weighted by Crippen LogP contribution is -2.16. The third-order valence-electron chi connectivity index (χ3n) is 2.82. The molecule has 2 heterocycles. The average Bonchev–Trinajstić information content (AvgIpc) is 2.75. The Morgan fingerprint density at radius 1 is 1.41 bits per heavy atom. The summed E-state index contributed by atoms with van der Waals surface area (Å²) >= 11 is 4.99. The molecule has 0 bridgehead atoms. The minimum atomic E-state index is 0.379. The van der Waals surface area contributed by atoms with Crippen LogP contribution in [0.1, 0.15) is 30.3 Å². The van der Waals surface area contributed by atoms with Crippen LogP contribution in [0, 0.1) is 18.6 Å². The second-order valence-corrected chi connectivity index (χ2v) is 4.40. The third-order valence-corrected chi connectivity index (χ3v) is 3.10. The Morgan fingerprint density at radius 3 is 2.65 bits per heavy atom. The van der Waals surface area contributed by atoms with Crippen molar-refractivity contribution >= 4 is 12.2 Å². The predicted octanol–water partition coefficient (Wildman–Crippen LogP) is 1.41. The van der Waals surface area contributed by atoms with Crippen molar-refractivity contribution < 1.29 is 0 Å². The van der Waals surface area contributed by atoms with Crippen molar-refractivity contribution in [3.8, 4) is 5.95 Å². The smallest absolute Gasteiger partial charge is 0.269 e. The van der Waals surface area contributed by atoms with E-state index in [9.17, 15) is 0 Å². The van der Waals surface area contributed by atoms with Gasteiger partial charge in [-0.2, -0.15) is 9.77 Å². The van der Waals surface area contributed by atoms with Crippen molar-refractivity contribution in [2.45, 2.75) is 33.6 Å². The largest absolute Gasteiger partial charge is 0.334 e. The fourth-order valence-electron chi connectivity index (χ4n) is 1.93. The molecule has 0 unspecified atom stereocenters. The number of hydrogen-bond donors (Lipinski definition) is 2. The number of rotatable bonds is 3. The van der Waals surface area contributed by atoms with Crippen LogP contribution < -0.4 is 5.84 Å². The Labute approximate surface area is 104 Å². The molecule has 0 saturated heterocycles. The average molecular weight is 252 g/mol. The van der Waals surface area contributed by atoms with Crippen LogP contribution in [0.4, 0.5) is 0 Å². The molecule has 0 radical (unpaired) electrons. The molecule has 6 nitrogen and oxygen atoms in total. The summed E-state index contributed by atoms with van der Waals surface area (Å²) in [4.78, 5) is 0. The van der Waals surface area contributed by atoms with Gasteiger partial charge in [0.25, 0.3) is 5.95 Å². The van der Waals surface area contributed by atoms with Gasteiger partial charge in [0.1, 0.15) is 0 Å². The summed E-state index contributed by atoms with van der Waals surface area (Å²) in [6.07, 6.45) is 2.09. The SMILES string of the molecule is CCCc1c(C)nn(-c2n[nH]c(=S)n2N)c1C. The van der Waals surface area contributed by atoms with E-state index in [0.29, 0.717) is 10.7 Å². The van der Waals surface area contributed by atoms with Gasteiger partial charge in [-0.25, -0.2) is 9.78 Å². The summed E-state index contributed by atoms with van der Waals surface area (Å²) in [6, 6.07) is 0. The molecule has 0 amide bonds. The molecule has 2 aromatic heterocycles. The quantitative estimate of drug-likeness (QED) is 0.639. The summed E-state index contributed by atoms with van der Waals surface area (Å²) in [5, 5.41) is 11.2. The standard InChI is InChI=1S/C10H16N6S/c1-4-5-8-6(2)14-16(7(8)3)9-12-13-10(17)15(9)11/h4-5,11H2,1-3H3,(H,13,17). The number of nitrogen functional groups attached to an aromatic ring is 1. The molecule has 0 aliphatic heterocycles. The fourth-order valence-corrected chi connectivity index (χ4v) is 2.05. The van der Waals surface area contributed by atoms with Crippen molar-refractivity contribution in [3.05, 3.63) is 21.7 Å². The predicted molar refractivity (Wildman–Crippen MR) is 68.2 cm³/mol. The number of hydrogen-bond acceptors (Lipinski definition) is 4. The molecule has 7 heteroatoms. The van der Waals surface area contributed by atoms with Crippen molar-refractivity contribution in [3.63, 3.8) is 0 Å². The first-order valence-corrected chi connectivity index (χ1v) is 5.95. The van der Waals surface area contributed by atoms with Crippen LogP contribution in [0.2, 0.25) is 0 Å². The molecule has 0 saturated carbocycles. The molecule has 0 fully saturated rings. The molecule has 17 heavy (non-hydrogen) atoms. The second-order valence-electron chi connectivity index (χ2n) is 4.01. The molecule has 0 aliphatic rings. The number of aromatic nitrogens is 5. The molecule has 2 aromatic rings. The third kappa shape index (κ3) is 1.86. The summed E-state index contributed by atoms with van der Waals surface area (Å²) in [5.41, 5.74) is 3.32. The highest BCUT2D eigenvalue weighted by atomic mass is 32.1. The van der Waals surface area contributed by atoms with Gasteiger partial charge in [0, 0.05) is 5.69 Å². The maximum atomic E-state index is 5.79. The highest BCUT2D eigenvalue weighted by molar-refractivity contribution is 7.71. The van der Waals surface area contributed by atoms with E-state index >= 15 is 0 Å². The maximum absolute atomic E-state index is 5.79. The highest BCUT2D eigenvalue weighted by Gasteiger charge is 2.15. The number of H-pyrrole nitrogens is 1. The summed E-state index contributed by atoms with van der Waals surface area (Å²) in [7, 11) is 0. The van der Waals surface area contributed by atoms with E-state index in [1.54, 1.807) is 4.68 Å². The van der Waals surface area contributed by atoms with Gasteiger partial charge in [0.2, 0.25) is 4.77 Å². The van der Waals surface area contributed by atoms with Crippen molar-refractivity contribution in [2.24, 2.45) is 0 Å². The van der Waals surface area contributed by atoms with E-state index in [2.05, 4.69) is 22.2 Å². The lowest BCUT2D eigenvalue weighted by Gasteiger charge is -2.03. The lowest BCUT2D eigenvalue weighted by molar-refractivity contribution is 0.740. The molecule has 0 aliphatic carbocycles. The van der Waals surface area contributed by atoms with Crippen LogP contribution in [0.25, 0.3) is 5.95 Å². The van der Waals surface area contributed by atoms with E-state index < -0.39 is 0 Å². The Hall–Kier alpha value is -1.63. The van der Waals surface area contributed by atoms with E-state index in [-0.39, 0.29) is 0 Å². The van der Waals surface area contributed by atoms with Crippen LogP contribution in [-0.4, -0.2) is 24.7 Å². The maximum Gasteiger partial charge on any atom is 0.269 e. The summed E-state index contributed by atoms with van der Waals surface area (Å²) in [5.74, 6) is 6.31. The Balaban J connectivity index is 2.57. The number of aryl methyl sites for hydroxylation is 1. The molecule has 0 atom stereocenters. The molecule has 2 rings (SSSR count). The van der Waals surface area contributed by atoms with Crippen molar-refractivity contribution in [1.82, 2.24) is 24.7 Å². The number of aromatic amines is 1. The summed E-state index contributed by atoms with van der Waals surface area (Å²) in [6.45, 7) is 6.16. The first-order valence-electron chi connectivity index (χ1n) is 5.54. The monoisotopic (exact) mass is 252 g/mol. The highest BCUT2D eigenvalue weighted by Crippen LogP contribution is 2.17. The van der Waals surface area contributed by atoms with Gasteiger partial charge in [-0.1, -0.05) is 13.3 Å². The minimum absolute atomic E-state index is 0.379. The summed E-state index contributed by atoms with van der Waals surface area (Å²) < 4.78 is 3.43. The zero-order chi connectivity index (χ0) is 12.6. The Kier molecular flexibility index (Phi) is 3.01. The molecule has 3 N–H and O–H groups in total. The number of nitrogens with two attached hydrogens (primary N) is 1. The first kappa shape index (κ1) is 11.8. The normalized spacial score (nSPS) is 11.0. The first-order chi connectivity index (χ1) is 8.06. The van der Waals surface area contributed by atoms with Gasteiger partial charge in [-0.15, -0.1) is 5.10 Å².